The van der Waals surface area contributed by atoms with Gasteiger partial charge in [0, 0.05) is 22.3 Å². The number of unbranched alkanes of at least 4 members (excludes halogenated alkanes) is 9. The van der Waals surface area contributed by atoms with Gasteiger partial charge in [-0.2, -0.15) is 0 Å². The van der Waals surface area contributed by atoms with Crippen molar-refractivity contribution in [1.82, 2.24) is 0 Å². The van der Waals surface area contributed by atoms with Crippen LogP contribution in [0, 0.1) is 0 Å². The lowest BCUT2D eigenvalue weighted by molar-refractivity contribution is 0.103. The first-order chi connectivity index (χ1) is 13.7. The zero-order valence-corrected chi connectivity index (χ0v) is 18.0. The van der Waals surface area contributed by atoms with Gasteiger partial charge in [-0.05, 0) is 24.5 Å². The van der Waals surface area contributed by atoms with E-state index < -0.39 is 0 Å². The predicted octanol–water partition coefficient (Wildman–Crippen LogP) is 7.46. The maximum absolute atomic E-state index is 12.7. The van der Waals surface area contributed by atoms with Gasteiger partial charge in [-0.25, -0.2) is 0 Å². The van der Waals surface area contributed by atoms with Crippen LogP contribution in [0.4, 0.5) is 0 Å². The number of fused-ring (bicyclic) bond motifs is 2. The Labute approximate surface area is 175 Å². The highest BCUT2D eigenvalue weighted by atomic mass is 32.1. The highest BCUT2D eigenvalue weighted by Crippen LogP contribution is 2.29. The van der Waals surface area contributed by atoms with E-state index >= 15 is 0 Å². The second kappa shape index (κ2) is 10.7. The van der Waals surface area contributed by atoms with E-state index in [1.165, 1.54) is 69.8 Å². The van der Waals surface area contributed by atoms with Crippen LogP contribution in [-0.4, -0.2) is 10.6 Å². The minimum Gasteiger partial charge on any atom is -0.289 e. The largest absolute Gasteiger partial charge is 0.289 e. The second-order valence-corrected chi connectivity index (χ2v) is 8.42. The van der Waals surface area contributed by atoms with Gasteiger partial charge < -0.3 is 0 Å². The van der Waals surface area contributed by atoms with Crippen molar-refractivity contribution in [3.8, 4) is 0 Å². The Morgan fingerprint density at radius 1 is 0.679 bits per heavy atom. The van der Waals surface area contributed by atoms with Crippen LogP contribution >= 0.6 is 12.2 Å². The van der Waals surface area contributed by atoms with E-state index in [1.807, 2.05) is 30.3 Å². The molecule has 2 aromatic carbocycles. The molecule has 0 radical (unpaired) electrons. The van der Waals surface area contributed by atoms with Crippen LogP contribution in [0.2, 0.25) is 0 Å². The van der Waals surface area contributed by atoms with Crippen molar-refractivity contribution in [3.05, 3.63) is 70.3 Å². The third-order valence-corrected chi connectivity index (χ3v) is 6.25. The molecule has 0 atom stereocenters. The Balaban J connectivity index is 1.46. The fraction of sp³-hybridized carbons (Fsp3) is 0.462. The Kier molecular flexibility index (Phi) is 7.97. The molecule has 1 aliphatic carbocycles. The Hall–Kier alpha value is -1.80. The van der Waals surface area contributed by atoms with Gasteiger partial charge in [0.05, 0.1) is 4.86 Å². The minimum absolute atomic E-state index is 0.102. The molecule has 0 unspecified atom stereocenters. The number of carbonyl (C=O) groups is 1. The number of hydrogen-bond donors (Lipinski definition) is 0. The molecule has 1 aliphatic rings. The van der Waals surface area contributed by atoms with E-state index in [0.717, 1.165) is 33.5 Å². The Morgan fingerprint density at radius 3 is 1.93 bits per heavy atom. The number of hydrogen-bond acceptors (Lipinski definition) is 2. The van der Waals surface area contributed by atoms with Crippen LogP contribution in [0.1, 0.15) is 104 Å². The van der Waals surface area contributed by atoms with Gasteiger partial charge in [-0.15, -0.1) is 0 Å². The zero-order chi connectivity index (χ0) is 19.8. The molecule has 2 aromatic rings. The molecule has 0 bridgehead atoms. The summed E-state index contributed by atoms with van der Waals surface area (Å²) in [5, 5.41) is 0. The third kappa shape index (κ3) is 5.17. The van der Waals surface area contributed by atoms with E-state index in [-0.39, 0.29) is 5.78 Å². The number of aryl methyl sites for hydroxylation is 1. The minimum atomic E-state index is 0.102. The maximum Gasteiger partial charge on any atom is 0.194 e. The van der Waals surface area contributed by atoms with E-state index in [1.54, 1.807) is 0 Å². The summed E-state index contributed by atoms with van der Waals surface area (Å²) < 4.78 is 0. The van der Waals surface area contributed by atoms with E-state index in [4.69, 9.17) is 12.2 Å². The summed E-state index contributed by atoms with van der Waals surface area (Å²) in [5.74, 6) is 0.102. The molecule has 0 fully saturated rings. The third-order valence-electron chi connectivity index (χ3n) is 5.81. The average Bonchev–Trinajstić information content (AvgIpc) is 2.73. The molecule has 28 heavy (non-hydrogen) atoms. The van der Waals surface area contributed by atoms with Crippen LogP contribution in [-0.2, 0) is 6.42 Å². The number of carbonyl (C=O) groups excluding carboxylic acids is 1. The summed E-state index contributed by atoms with van der Waals surface area (Å²) in [6, 6.07) is 13.9. The molecule has 0 heterocycles. The highest BCUT2D eigenvalue weighted by molar-refractivity contribution is 7.81. The number of rotatable bonds is 11. The quantitative estimate of drug-likeness (QED) is 0.249. The number of thiocarbonyl (C=S) groups is 1. The van der Waals surface area contributed by atoms with Crippen molar-refractivity contribution in [3.63, 3.8) is 0 Å². The van der Waals surface area contributed by atoms with E-state index in [0.29, 0.717) is 0 Å². The normalized spacial score (nSPS) is 12.8. The van der Waals surface area contributed by atoms with Crippen molar-refractivity contribution < 1.29 is 4.79 Å². The van der Waals surface area contributed by atoms with Crippen LogP contribution in [0.25, 0.3) is 0 Å². The summed E-state index contributed by atoms with van der Waals surface area (Å²) in [5.41, 5.74) is 4.65. The number of benzene rings is 2. The summed E-state index contributed by atoms with van der Waals surface area (Å²) >= 11 is 5.70. The molecular weight excluding hydrogens is 360 g/mol. The fourth-order valence-electron chi connectivity index (χ4n) is 4.12. The summed E-state index contributed by atoms with van der Waals surface area (Å²) in [6.07, 6.45) is 14.6. The lowest BCUT2D eigenvalue weighted by Gasteiger charge is -2.20. The smallest absolute Gasteiger partial charge is 0.194 e. The molecule has 0 aromatic heterocycles. The molecule has 0 amide bonds. The molecule has 0 N–H and O–H groups in total. The van der Waals surface area contributed by atoms with Crippen LogP contribution in [0.3, 0.4) is 0 Å². The lowest BCUT2D eigenvalue weighted by Crippen LogP contribution is -2.20. The van der Waals surface area contributed by atoms with Gasteiger partial charge in [0.2, 0.25) is 0 Å². The lowest BCUT2D eigenvalue weighted by atomic mass is 9.83. The molecule has 0 aliphatic heterocycles. The standard InChI is InChI=1S/C26H32OS/c1-2-3-4-5-6-7-8-9-10-11-14-20-17-18-22-24(19-20)26(28)23-16-13-12-15-21(23)25(22)27/h12-13,15-19H,2-11,14H2,1H3. The molecular formula is C26H32OS. The van der Waals surface area contributed by atoms with Gasteiger partial charge in [0.1, 0.15) is 0 Å². The molecule has 0 saturated heterocycles. The first kappa shape index (κ1) is 20.9. The highest BCUT2D eigenvalue weighted by Gasteiger charge is 2.26. The van der Waals surface area contributed by atoms with Gasteiger partial charge in [-0.3, -0.25) is 4.79 Å². The van der Waals surface area contributed by atoms with Crippen molar-refractivity contribution >= 4 is 22.9 Å². The zero-order valence-electron chi connectivity index (χ0n) is 17.1. The monoisotopic (exact) mass is 392 g/mol. The molecule has 0 spiro atoms. The average molecular weight is 393 g/mol. The SMILES string of the molecule is CCCCCCCCCCCCc1ccc2c(c1)C(=S)c1ccccc1C2=O. The van der Waals surface area contributed by atoms with Gasteiger partial charge in [-0.1, -0.05) is 113 Å². The molecule has 148 valence electrons. The summed E-state index contributed by atoms with van der Waals surface area (Å²) in [6.45, 7) is 2.27. The molecule has 0 saturated carbocycles. The van der Waals surface area contributed by atoms with Crippen molar-refractivity contribution in [2.24, 2.45) is 0 Å². The van der Waals surface area contributed by atoms with Gasteiger partial charge in [0.25, 0.3) is 0 Å². The molecule has 2 heteroatoms. The fourth-order valence-corrected chi connectivity index (χ4v) is 4.47. The van der Waals surface area contributed by atoms with Crippen molar-refractivity contribution in [1.29, 1.82) is 0 Å². The number of ketones is 1. The van der Waals surface area contributed by atoms with Gasteiger partial charge in [0.15, 0.2) is 5.78 Å². The van der Waals surface area contributed by atoms with Crippen molar-refractivity contribution in [2.75, 3.05) is 0 Å². The van der Waals surface area contributed by atoms with E-state index in [9.17, 15) is 4.79 Å². The topological polar surface area (TPSA) is 17.1 Å². The van der Waals surface area contributed by atoms with Crippen LogP contribution in [0.5, 0.6) is 0 Å². The van der Waals surface area contributed by atoms with Gasteiger partial charge >= 0.3 is 0 Å². The second-order valence-electron chi connectivity index (χ2n) is 8.02. The summed E-state index contributed by atoms with van der Waals surface area (Å²) in [7, 11) is 0. The first-order valence-electron chi connectivity index (χ1n) is 11.0. The van der Waals surface area contributed by atoms with Crippen LogP contribution < -0.4 is 0 Å². The maximum atomic E-state index is 12.7. The first-order valence-corrected chi connectivity index (χ1v) is 11.4. The predicted molar refractivity (Wildman–Crippen MR) is 123 cm³/mol. The van der Waals surface area contributed by atoms with Crippen LogP contribution in [0.15, 0.2) is 42.5 Å². The van der Waals surface area contributed by atoms with E-state index in [2.05, 4.69) is 19.1 Å². The summed E-state index contributed by atoms with van der Waals surface area (Å²) in [4.78, 5) is 13.6. The molecule has 1 nitrogen and oxygen atoms in total. The Bertz CT molecular complexity index is 821. The Morgan fingerprint density at radius 2 is 1.25 bits per heavy atom. The molecule has 3 rings (SSSR count). The van der Waals surface area contributed by atoms with Crippen molar-refractivity contribution in [2.45, 2.75) is 77.6 Å².